The molecule has 1 aromatic heterocycles. The van der Waals surface area contributed by atoms with Crippen LogP contribution in [0.15, 0.2) is 54.5 Å². The molecule has 1 fully saturated rings. The standard InChI is InChI=1S/C31H38Cl2N8/c1-5-40-12-10-24(11-13-40)41-18-27(38-39-41)29(20-6-8-22(32)9-7-20)37-23-14-25-28(36-19-31(2,3)4)21(16-34)17-35-30(25)26(33)15-23/h6-9,14-15,17-18,24,29,37-39H,5,10-13,19H2,1-4H3,(H,35,36)/t29-/m0/s1. The van der Waals surface area contributed by atoms with Crippen LogP contribution in [0.4, 0.5) is 11.4 Å². The lowest BCUT2D eigenvalue weighted by Gasteiger charge is -2.35. The molecule has 8 nitrogen and oxygen atoms in total. The first kappa shape index (κ1) is 29.3. The van der Waals surface area contributed by atoms with Gasteiger partial charge in [-0.25, -0.2) is 0 Å². The SMILES string of the molecule is CCN1CCC(N2C=C([C@@H](Nc3cc(Cl)c4ncc(C#N)c(NCC(C)(C)C)c4c3)c3ccc(Cl)cc3)NN2)CC1. The fourth-order valence-corrected chi connectivity index (χ4v) is 5.73. The average Bonchev–Trinajstić information content (AvgIpc) is 3.45. The molecule has 4 N–H and O–H groups in total. The molecule has 2 aliphatic heterocycles. The maximum absolute atomic E-state index is 9.85. The van der Waals surface area contributed by atoms with Gasteiger partial charge in [-0.3, -0.25) is 9.99 Å². The lowest BCUT2D eigenvalue weighted by atomic mass is 9.96. The van der Waals surface area contributed by atoms with Crippen molar-refractivity contribution in [3.63, 3.8) is 0 Å². The second kappa shape index (κ2) is 12.3. The highest BCUT2D eigenvalue weighted by Gasteiger charge is 2.29. The zero-order chi connectivity index (χ0) is 29.1. The van der Waals surface area contributed by atoms with Crippen molar-refractivity contribution >= 4 is 45.5 Å². The van der Waals surface area contributed by atoms with Crippen LogP contribution < -0.4 is 21.6 Å². The van der Waals surface area contributed by atoms with Crippen LogP contribution in [0.25, 0.3) is 10.9 Å². The molecule has 0 bridgehead atoms. The number of pyridine rings is 1. The summed E-state index contributed by atoms with van der Waals surface area (Å²) < 4.78 is 0. The van der Waals surface area contributed by atoms with Crippen molar-refractivity contribution < 1.29 is 0 Å². The molecule has 1 saturated heterocycles. The van der Waals surface area contributed by atoms with Gasteiger partial charge in [0.25, 0.3) is 0 Å². The van der Waals surface area contributed by atoms with Crippen LogP contribution in [0.3, 0.4) is 0 Å². The quantitative estimate of drug-likeness (QED) is 0.230. The summed E-state index contributed by atoms with van der Waals surface area (Å²) in [5, 5.41) is 21.2. The number of nitrogens with zero attached hydrogens (tertiary/aromatic N) is 4. The zero-order valence-electron chi connectivity index (χ0n) is 24.1. The van der Waals surface area contributed by atoms with Crippen LogP contribution in [0.5, 0.6) is 0 Å². The lowest BCUT2D eigenvalue weighted by Crippen LogP contribution is -2.48. The first-order valence-corrected chi connectivity index (χ1v) is 14.9. The van der Waals surface area contributed by atoms with Crippen molar-refractivity contribution in [2.45, 2.75) is 52.6 Å². The summed E-state index contributed by atoms with van der Waals surface area (Å²) in [6.07, 6.45) is 5.95. The van der Waals surface area contributed by atoms with E-state index in [9.17, 15) is 5.26 Å². The number of benzene rings is 2. The maximum Gasteiger partial charge on any atom is 0.103 e. The van der Waals surface area contributed by atoms with Gasteiger partial charge in [0, 0.05) is 54.2 Å². The van der Waals surface area contributed by atoms with Gasteiger partial charge < -0.3 is 21.0 Å². The molecule has 10 heteroatoms. The number of aromatic nitrogens is 1. The van der Waals surface area contributed by atoms with E-state index < -0.39 is 0 Å². The summed E-state index contributed by atoms with van der Waals surface area (Å²) in [4.78, 5) is 7.00. The highest BCUT2D eigenvalue weighted by Crippen LogP contribution is 2.36. The molecular formula is C31H38Cl2N8. The highest BCUT2D eigenvalue weighted by atomic mass is 35.5. The van der Waals surface area contributed by atoms with E-state index in [1.165, 1.54) is 0 Å². The Labute approximate surface area is 252 Å². The minimum absolute atomic E-state index is 0.0221. The first-order chi connectivity index (χ1) is 19.6. The first-order valence-electron chi connectivity index (χ1n) is 14.2. The van der Waals surface area contributed by atoms with Crippen LogP contribution in [0.2, 0.25) is 10.0 Å². The van der Waals surface area contributed by atoms with Crippen LogP contribution in [-0.4, -0.2) is 47.1 Å². The van der Waals surface area contributed by atoms with Gasteiger partial charge in [-0.1, -0.05) is 63.0 Å². The van der Waals surface area contributed by atoms with Gasteiger partial charge in [0.15, 0.2) is 0 Å². The van der Waals surface area contributed by atoms with Gasteiger partial charge in [-0.15, -0.1) is 5.53 Å². The van der Waals surface area contributed by atoms with Gasteiger partial charge >= 0.3 is 0 Å². The predicted octanol–water partition coefficient (Wildman–Crippen LogP) is 6.67. The number of hydrazine groups is 2. The van der Waals surface area contributed by atoms with Gasteiger partial charge in [0.05, 0.1) is 33.5 Å². The third-order valence-corrected chi connectivity index (χ3v) is 8.21. The molecule has 216 valence electrons. The van der Waals surface area contributed by atoms with E-state index in [2.05, 4.69) is 76.5 Å². The van der Waals surface area contributed by atoms with E-state index in [0.29, 0.717) is 33.7 Å². The van der Waals surface area contributed by atoms with Crippen LogP contribution in [0, 0.1) is 16.7 Å². The van der Waals surface area contributed by atoms with E-state index in [1.54, 1.807) is 6.20 Å². The number of nitrogens with one attached hydrogen (secondary N) is 4. The Morgan fingerprint density at radius 3 is 2.54 bits per heavy atom. The lowest BCUT2D eigenvalue weighted by molar-refractivity contribution is 0.112. The minimum Gasteiger partial charge on any atom is -0.383 e. The Balaban J connectivity index is 1.49. The van der Waals surface area contributed by atoms with Crippen LogP contribution in [0.1, 0.15) is 57.7 Å². The number of hydrogen-bond acceptors (Lipinski definition) is 8. The van der Waals surface area contributed by atoms with Crippen LogP contribution >= 0.6 is 23.2 Å². The molecule has 0 radical (unpaired) electrons. The highest BCUT2D eigenvalue weighted by molar-refractivity contribution is 6.36. The average molecular weight is 594 g/mol. The number of hydrogen-bond donors (Lipinski definition) is 4. The fourth-order valence-electron chi connectivity index (χ4n) is 5.33. The van der Waals surface area contributed by atoms with E-state index in [4.69, 9.17) is 23.2 Å². The molecule has 0 spiro atoms. The zero-order valence-corrected chi connectivity index (χ0v) is 25.6. The molecule has 0 amide bonds. The smallest absolute Gasteiger partial charge is 0.103 e. The van der Waals surface area contributed by atoms with E-state index in [-0.39, 0.29) is 11.5 Å². The summed E-state index contributed by atoms with van der Waals surface area (Å²) in [5.74, 6) is 0. The molecule has 0 saturated carbocycles. The molecule has 5 rings (SSSR count). The Kier molecular flexibility index (Phi) is 8.81. The molecule has 0 unspecified atom stereocenters. The number of fused-ring (bicyclic) bond motifs is 1. The fraction of sp³-hybridized carbons (Fsp3) is 0.419. The van der Waals surface area contributed by atoms with Crippen molar-refractivity contribution in [2.75, 3.05) is 36.8 Å². The molecule has 1 atom stereocenters. The molecule has 3 aromatic rings. The number of piperidine rings is 1. The Bertz CT molecular complexity index is 1450. The number of likely N-dealkylation sites (tertiary alicyclic amines) is 1. The van der Waals surface area contributed by atoms with E-state index in [1.807, 2.05) is 36.4 Å². The summed E-state index contributed by atoms with van der Waals surface area (Å²) in [6, 6.07) is 14.2. The van der Waals surface area contributed by atoms with Crippen molar-refractivity contribution in [3.8, 4) is 6.07 Å². The summed E-state index contributed by atoms with van der Waals surface area (Å²) in [5.41, 5.74) is 11.5. The van der Waals surface area contributed by atoms with Crippen molar-refractivity contribution in [1.82, 2.24) is 25.9 Å². The van der Waals surface area contributed by atoms with E-state index in [0.717, 1.165) is 60.5 Å². The monoisotopic (exact) mass is 592 g/mol. The molecule has 2 aliphatic rings. The third-order valence-electron chi connectivity index (χ3n) is 7.67. The van der Waals surface area contributed by atoms with Gasteiger partial charge in [0.1, 0.15) is 6.07 Å². The summed E-state index contributed by atoms with van der Waals surface area (Å²) in [6.45, 7) is 12.7. The second-order valence-corrected chi connectivity index (χ2v) is 12.8. The molecule has 3 heterocycles. The molecule has 2 aromatic carbocycles. The van der Waals surface area contributed by atoms with Crippen molar-refractivity contribution in [3.05, 3.63) is 75.7 Å². The third kappa shape index (κ3) is 6.82. The van der Waals surface area contributed by atoms with Crippen molar-refractivity contribution in [2.24, 2.45) is 5.41 Å². The maximum atomic E-state index is 9.85. The van der Waals surface area contributed by atoms with Crippen molar-refractivity contribution in [1.29, 1.82) is 5.26 Å². The second-order valence-electron chi connectivity index (χ2n) is 11.9. The number of nitriles is 1. The topological polar surface area (TPSA) is 91.3 Å². The molecular weight excluding hydrogens is 555 g/mol. The van der Waals surface area contributed by atoms with Gasteiger partial charge in [-0.05, 0) is 54.6 Å². The Hall–Kier alpha value is -3.22. The predicted molar refractivity (Wildman–Crippen MR) is 169 cm³/mol. The van der Waals surface area contributed by atoms with E-state index >= 15 is 0 Å². The number of halogens is 2. The number of anilines is 2. The Morgan fingerprint density at radius 1 is 1.15 bits per heavy atom. The minimum atomic E-state index is -0.216. The Morgan fingerprint density at radius 2 is 1.88 bits per heavy atom. The largest absolute Gasteiger partial charge is 0.383 e. The normalized spacial score (nSPS) is 17.2. The molecule has 0 aliphatic carbocycles. The van der Waals surface area contributed by atoms with Gasteiger partial charge in [0.2, 0.25) is 0 Å². The summed E-state index contributed by atoms with van der Waals surface area (Å²) >= 11 is 13.0. The van der Waals surface area contributed by atoms with Gasteiger partial charge in [-0.2, -0.15) is 5.26 Å². The summed E-state index contributed by atoms with van der Waals surface area (Å²) in [7, 11) is 0. The van der Waals surface area contributed by atoms with Crippen LogP contribution in [-0.2, 0) is 0 Å². The molecule has 41 heavy (non-hydrogen) atoms. The number of rotatable bonds is 8.